The van der Waals surface area contributed by atoms with Crippen molar-refractivity contribution < 1.29 is 9.53 Å². The molecule has 98 valence electrons. The molecule has 0 atom stereocenters. The average molecular weight is 297 g/mol. The summed E-state index contributed by atoms with van der Waals surface area (Å²) in [6.45, 7) is 2.46. The largest absolute Gasteiger partial charge is 0.494 e. The van der Waals surface area contributed by atoms with Gasteiger partial charge < -0.3 is 4.74 Å². The lowest BCUT2D eigenvalue weighted by molar-refractivity contribution is 0.112. The second-order valence-corrected chi connectivity index (χ2v) is 4.34. The fourth-order valence-corrected chi connectivity index (χ4v) is 2.01. The third-order valence-corrected chi connectivity index (χ3v) is 2.95. The van der Waals surface area contributed by atoms with Crippen molar-refractivity contribution >= 4 is 29.5 Å². The number of ether oxygens (including phenoxy) is 1. The number of hydrogen-bond donors (Lipinski definition) is 0. The SMILES string of the molecule is CCOc1cccc(-c2nc(Cl)c(C=O)c(Cl)n2)c1. The number of carbonyl (C=O) groups is 1. The van der Waals surface area contributed by atoms with Crippen LogP contribution in [-0.4, -0.2) is 22.9 Å². The van der Waals surface area contributed by atoms with Gasteiger partial charge in [0.25, 0.3) is 0 Å². The summed E-state index contributed by atoms with van der Waals surface area (Å²) in [5.74, 6) is 1.05. The Bertz CT molecular complexity index is 594. The number of rotatable bonds is 4. The number of aromatic nitrogens is 2. The molecule has 0 unspecified atom stereocenters. The summed E-state index contributed by atoms with van der Waals surface area (Å²) in [5, 5.41) is 0.0682. The van der Waals surface area contributed by atoms with Gasteiger partial charge in [0.05, 0.1) is 12.2 Å². The molecule has 1 aromatic carbocycles. The predicted octanol–water partition coefficient (Wildman–Crippen LogP) is 3.66. The molecule has 0 fully saturated rings. The molecule has 0 aliphatic heterocycles. The highest BCUT2D eigenvalue weighted by atomic mass is 35.5. The summed E-state index contributed by atoms with van der Waals surface area (Å²) in [4.78, 5) is 18.9. The van der Waals surface area contributed by atoms with Gasteiger partial charge in [-0.3, -0.25) is 4.79 Å². The van der Waals surface area contributed by atoms with Gasteiger partial charge in [-0.25, -0.2) is 9.97 Å². The van der Waals surface area contributed by atoms with Crippen molar-refractivity contribution in [3.8, 4) is 17.1 Å². The number of hydrogen-bond acceptors (Lipinski definition) is 4. The number of carbonyl (C=O) groups excluding carboxylic acids is 1. The third kappa shape index (κ3) is 3.03. The molecule has 0 aliphatic carbocycles. The van der Waals surface area contributed by atoms with Crippen molar-refractivity contribution in [2.45, 2.75) is 6.92 Å². The minimum atomic E-state index is 0.0341. The van der Waals surface area contributed by atoms with Crippen LogP contribution in [0.15, 0.2) is 24.3 Å². The van der Waals surface area contributed by atoms with E-state index in [-0.39, 0.29) is 15.9 Å². The summed E-state index contributed by atoms with van der Waals surface area (Å²) in [7, 11) is 0. The Morgan fingerprint density at radius 2 is 1.95 bits per heavy atom. The first-order valence-electron chi connectivity index (χ1n) is 5.57. The van der Waals surface area contributed by atoms with Crippen molar-refractivity contribution in [2.75, 3.05) is 6.61 Å². The van der Waals surface area contributed by atoms with Gasteiger partial charge in [-0.1, -0.05) is 35.3 Å². The van der Waals surface area contributed by atoms with E-state index in [1.807, 2.05) is 25.1 Å². The van der Waals surface area contributed by atoms with E-state index in [1.54, 1.807) is 6.07 Å². The van der Waals surface area contributed by atoms with E-state index in [0.717, 1.165) is 0 Å². The maximum atomic E-state index is 10.8. The Hall–Kier alpha value is -1.65. The van der Waals surface area contributed by atoms with E-state index in [4.69, 9.17) is 27.9 Å². The van der Waals surface area contributed by atoms with Gasteiger partial charge in [0.2, 0.25) is 0 Å². The second kappa shape index (κ2) is 5.99. The molecule has 19 heavy (non-hydrogen) atoms. The molecule has 0 bridgehead atoms. The van der Waals surface area contributed by atoms with Crippen LogP contribution >= 0.6 is 23.2 Å². The first-order chi connectivity index (χ1) is 9.15. The predicted molar refractivity (Wildman–Crippen MR) is 74.0 cm³/mol. The molecule has 0 radical (unpaired) electrons. The molecule has 2 aromatic rings. The lowest BCUT2D eigenvalue weighted by Crippen LogP contribution is -1.97. The molecule has 0 saturated heterocycles. The summed E-state index contributed by atoms with van der Waals surface area (Å²) >= 11 is 11.8. The average Bonchev–Trinajstić information content (AvgIpc) is 2.39. The van der Waals surface area contributed by atoms with E-state index in [1.165, 1.54) is 0 Å². The first kappa shape index (κ1) is 13.8. The zero-order chi connectivity index (χ0) is 13.8. The number of aldehydes is 1. The maximum absolute atomic E-state index is 10.8. The van der Waals surface area contributed by atoms with Crippen molar-refractivity contribution in [1.82, 2.24) is 9.97 Å². The number of nitrogens with zero attached hydrogens (tertiary/aromatic N) is 2. The van der Waals surface area contributed by atoms with Crippen LogP contribution in [0.4, 0.5) is 0 Å². The van der Waals surface area contributed by atoms with Crippen LogP contribution in [-0.2, 0) is 0 Å². The van der Waals surface area contributed by atoms with Crippen LogP contribution in [0.3, 0.4) is 0 Å². The minimum Gasteiger partial charge on any atom is -0.494 e. The van der Waals surface area contributed by atoms with Crippen LogP contribution in [0.5, 0.6) is 5.75 Å². The Balaban J connectivity index is 2.47. The molecule has 1 aromatic heterocycles. The van der Waals surface area contributed by atoms with Crippen molar-refractivity contribution in [1.29, 1.82) is 0 Å². The van der Waals surface area contributed by atoms with Crippen molar-refractivity contribution in [3.63, 3.8) is 0 Å². The van der Waals surface area contributed by atoms with Gasteiger partial charge in [0, 0.05) is 5.56 Å². The zero-order valence-corrected chi connectivity index (χ0v) is 11.6. The molecular formula is C13H10Cl2N2O2. The van der Waals surface area contributed by atoms with E-state index in [9.17, 15) is 4.79 Å². The Kier molecular flexibility index (Phi) is 4.35. The lowest BCUT2D eigenvalue weighted by atomic mass is 10.2. The van der Waals surface area contributed by atoms with Gasteiger partial charge in [-0.15, -0.1) is 0 Å². The van der Waals surface area contributed by atoms with E-state index in [2.05, 4.69) is 9.97 Å². The summed E-state index contributed by atoms with van der Waals surface area (Å²) < 4.78 is 5.40. The summed E-state index contributed by atoms with van der Waals surface area (Å²) in [6, 6.07) is 7.24. The molecule has 4 nitrogen and oxygen atoms in total. The van der Waals surface area contributed by atoms with Crippen molar-refractivity contribution in [3.05, 3.63) is 40.1 Å². The van der Waals surface area contributed by atoms with Gasteiger partial charge in [0.15, 0.2) is 12.1 Å². The van der Waals surface area contributed by atoms with Gasteiger partial charge in [-0.2, -0.15) is 0 Å². The van der Waals surface area contributed by atoms with Gasteiger partial charge in [-0.05, 0) is 19.1 Å². The minimum absolute atomic E-state index is 0.0341. The summed E-state index contributed by atoms with van der Waals surface area (Å²) in [5.41, 5.74) is 0.806. The van der Waals surface area contributed by atoms with Crippen molar-refractivity contribution in [2.24, 2.45) is 0 Å². The molecule has 0 aliphatic rings. The van der Waals surface area contributed by atoms with E-state index in [0.29, 0.717) is 30.0 Å². The topological polar surface area (TPSA) is 52.1 Å². The van der Waals surface area contributed by atoms with Crippen LogP contribution in [0.1, 0.15) is 17.3 Å². The highest BCUT2D eigenvalue weighted by Crippen LogP contribution is 2.26. The maximum Gasteiger partial charge on any atom is 0.162 e. The van der Waals surface area contributed by atoms with Gasteiger partial charge >= 0.3 is 0 Å². The molecule has 6 heteroatoms. The molecule has 0 N–H and O–H groups in total. The van der Waals surface area contributed by atoms with Crippen LogP contribution in [0.2, 0.25) is 10.3 Å². The molecule has 0 amide bonds. The zero-order valence-electron chi connectivity index (χ0n) is 10.1. The van der Waals surface area contributed by atoms with Gasteiger partial charge in [0.1, 0.15) is 16.1 Å². The second-order valence-electron chi connectivity index (χ2n) is 3.62. The number of benzene rings is 1. The van der Waals surface area contributed by atoms with Crippen LogP contribution < -0.4 is 4.74 Å². The number of halogens is 2. The standard InChI is InChI=1S/C13H10Cl2N2O2/c1-2-19-9-5-3-4-8(6-9)13-16-11(14)10(7-18)12(15)17-13/h3-7H,2H2,1H3. The molecule has 0 spiro atoms. The fraction of sp³-hybridized carbons (Fsp3) is 0.154. The van der Waals surface area contributed by atoms with E-state index >= 15 is 0 Å². The monoisotopic (exact) mass is 296 g/mol. The molecule has 1 heterocycles. The Morgan fingerprint density at radius 3 is 2.53 bits per heavy atom. The highest BCUT2D eigenvalue weighted by Gasteiger charge is 2.12. The Labute approximate surface area is 120 Å². The Morgan fingerprint density at radius 1 is 1.26 bits per heavy atom. The smallest absolute Gasteiger partial charge is 0.162 e. The molecular weight excluding hydrogens is 287 g/mol. The van der Waals surface area contributed by atoms with Crippen LogP contribution in [0.25, 0.3) is 11.4 Å². The lowest BCUT2D eigenvalue weighted by Gasteiger charge is -2.07. The fourth-order valence-electron chi connectivity index (χ4n) is 1.53. The molecule has 0 saturated carbocycles. The molecule has 2 rings (SSSR count). The first-order valence-corrected chi connectivity index (χ1v) is 6.32. The third-order valence-electron chi connectivity index (χ3n) is 2.37. The normalized spacial score (nSPS) is 10.3. The van der Waals surface area contributed by atoms with E-state index < -0.39 is 0 Å². The highest BCUT2D eigenvalue weighted by molar-refractivity contribution is 6.37. The van der Waals surface area contributed by atoms with Crippen LogP contribution in [0, 0.1) is 0 Å². The summed E-state index contributed by atoms with van der Waals surface area (Å²) in [6.07, 6.45) is 0.533. The quantitative estimate of drug-likeness (QED) is 0.638.